The second-order valence-electron chi connectivity index (χ2n) is 8.84. The molecule has 7 heteroatoms. The van der Waals surface area contributed by atoms with E-state index in [9.17, 15) is 19.2 Å². The summed E-state index contributed by atoms with van der Waals surface area (Å²) in [4.78, 5) is 53.0. The van der Waals surface area contributed by atoms with E-state index < -0.39 is 0 Å². The predicted molar refractivity (Wildman–Crippen MR) is 124 cm³/mol. The molecule has 172 valence electrons. The molecule has 7 nitrogen and oxygen atoms in total. The van der Waals surface area contributed by atoms with Gasteiger partial charge in [0.05, 0.1) is 11.1 Å². The summed E-state index contributed by atoms with van der Waals surface area (Å²) >= 11 is 0. The van der Waals surface area contributed by atoms with Gasteiger partial charge in [0.1, 0.15) is 0 Å². The van der Waals surface area contributed by atoms with Gasteiger partial charge in [-0.3, -0.25) is 24.1 Å². The van der Waals surface area contributed by atoms with Gasteiger partial charge in [-0.15, -0.1) is 0 Å². The number of rotatable bonds is 6. The van der Waals surface area contributed by atoms with Crippen LogP contribution in [0.2, 0.25) is 0 Å². The average Bonchev–Trinajstić information content (AvgIpc) is 3.06. The van der Waals surface area contributed by atoms with Gasteiger partial charge in [-0.2, -0.15) is 0 Å². The van der Waals surface area contributed by atoms with Crippen molar-refractivity contribution in [2.24, 2.45) is 0 Å². The van der Waals surface area contributed by atoms with E-state index in [-0.39, 0.29) is 42.6 Å². The normalized spacial score (nSPS) is 16.2. The van der Waals surface area contributed by atoms with Gasteiger partial charge in [0, 0.05) is 37.7 Å². The van der Waals surface area contributed by atoms with Crippen LogP contribution in [0.15, 0.2) is 42.5 Å². The van der Waals surface area contributed by atoms with Gasteiger partial charge in [-0.05, 0) is 68.5 Å². The summed E-state index contributed by atoms with van der Waals surface area (Å²) in [7, 11) is 0. The molecule has 0 unspecified atom stereocenters. The van der Waals surface area contributed by atoms with Crippen LogP contribution in [-0.4, -0.2) is 59.1 Å². The minimum Gasteiger partial charge on any atom is -0.349 e. The quantitative estimate of drug-likeness (QED) is 0.690. The van der Waals surface area contributed by atoms with E-state index in [4.69, 9.17) is 0 Å². The number of hydrogen-bond donors (Lipinski definition) is 1. The monoisotopic (exact) mass is 447 g/mol. The Labute approximate surface area is 193 Å². The van der Waals surface area contributed by atoms with Crippen molar-refractivity contribution in [3.8, 4) is 0 Å². The summed E-state index contributed by atoms with van der Waals surface area (Å²) in [6.45, 7) is 5.42. The molecule has 0 radical (unpaired) electrons. The second kappa shape index (κ2) is 9.57. The van der Waals surface area contributed by atoms with Gasteiger partial charge in [0.2, 0.25) is 5.91 Å². The van der Waals surface area contributed by atoms with Crippen LogP contribution < -0.4 is 5.32 Å². The summed E-state index contributed by atoms with van der Waals surface area (Å²) in [5.74, 6) is -0.638. The topological polar surface area (TPSA) is 86.8 Å². The van der Waals surface area contributed by atoms with Gasteiger partial charge in [0.15, 0.2) is 0 Å². The molecule has 0 bridgehead atoms. The zero-order valence-electron chi connectivity index (χ0n) is 19.1. The number of piperidine rings is 1. The number of carbonyl (C=O) groups excluding carboxylic acids is 4. The van der Waals surface area contributed by atoms with Gasteiger partial charge < -0.3 is 10.2 Å². The first kappa shape index (κ1) is 22.7. The van der Waals surface area contributed by atoms with Crippen molar-refractivity contribution in [1.29, 1.82) is 0 Å². The number of carbonyl (C=O) groups is 4. The van der Waals surface area contributed by atoms with Gasteiger partial charge in [-0.25, -0.2) is 0 Å². The summed E-state index contributed by atoms with van der Waals surface area (Å²) in [5.41, 5.74) is 3.76. The Morgan fingerprint density at radius 3 is 2.18 bits per heavy atom. The average molecular weight is 448 g/mol. The molecule has 33 heavy (non-hydrogen) atoms. The first-order valence-corrected chi connectivity index (χ1v) is 11.5. The van der Waals surface area contributed by atoms with Crippen LogP contribution in [0.3, 0.4) is 0 Å². The third kappa shape index (κ3) is 4.82. The molecular weight excluding hydrogens is 418 g/mol. The van der Waals surface area contributed by atoms with Crippen molar-refractivity contribution in [2.75, 3.05) is 19.6 Å². The Morgan fingerprint density at radius 2 is 1.58 bits per heavy atom. The lowest BCUT2D eigenvalue weighted by Crippen LogP contribution is -2.46. The van der Waals surface area contributed by atoms with E-state index in [2.05, 4.69) is 5.32 Å². The molecule has 2 aliphatic heterocycles. The molecule has 0 aliphatic carbocycles. The zero-order valence-corrected chi connectivity index (χ0v) is 19.1. The fourth-order valence-electron chi connectivity index (χ4n) is 4.41. The first-order valence-electron chi connectivity index (χ1n) is 11.5. The molecule has 0 spiro atoms. The van der Waals surface area contributed by atoms with Crippen molar-refractivity contribution in [1.82, 2.24) is 15.1 Å². The Kier molecular flexibility index (Phi) is 6.58. The summed E-state index contributed by atoms with van der Waals surface area (Å²) < 4.78 is 0. The number of hydrogen-bond acceptors (Lipinski definition) is 4. The van der Waals surface area contributed by atoms with Gasteiger partial charge in [-0.1, -0.05) is 18.2 Å². The highest BCUT2D eigenvalue weighted by molar-refractivity contribution is 6.21. The lowest BCUT2D eigenvalue weighted by Gasteiger charge is -2.32. The maximum Gasteiger partial charge on any atom is 0.261 e. The van der Waals surface area contributed by atoms with Crippen molar-refractivity contribution >= 4 is 23.6 Å². The van der Waals surface area contributed by atoms with Gasteiger partial charge in [0.25, 0.3) is 17.7 Å². The minimum atomic E-state index is -0.289. The standard InChI is InChI=1S/C26H29N3O4/c1-17-9-10-19(16-18(17)2)24(31)27-20-11-14-28(15-12-20)23(30)8-5-13-29-25(32)21-6-3-4-7-22(21)26(29)33/h3-4,6-7,9-10,16,20H,5,8,11-15H2,1-2H3,(H,27,31). The van der Waals surface area contributed by atoms with Crippen molar-refractivity contribution in [3.63, 3.8) is 0 Å². The molecule has 1 fully saturated rings. The first-order chi connectivity index (χ1) is 15.8. The molecule has 2 aromatic carbocycles. The number of nitrogens with one attached hydrogen (secondary N) is 1. The molecule has 4 amide bonds. The molecule has 1 N–H and O–H groups in total. The van der Waals surface area contributed by atoms with Crippen molar-refractivity contribution in [2.45, 2.75) is 45.6 Å². The number of amides is 4. The zero-order chi connectivity index (χ0) is 23.5. The van der Waals surface area contributed by atoms with Crippen LogP contribution >= 0.6 is 0 Å². The molecule has 4 rings (SSSR count). The van der Waals surface area contributed by atoms with E-state index in [1.807, 2.05) is 32.0 Å². The molecule has 1 saturated heterocycles. The Balaban J connectivity index is 1.21. The number of imide groups is 1. The fourth-order valence-corrected chi connectivity index (χ4v) is 4.41. The molecule has 2 heterocycles. The molecule has 0 saturated carbocycles. The highest BCUT2D eigenvalue weighted by Crippen LogP contribution is 2.23. The molecular formula is C26H29N3O4. The Bertz CT molecular complexity index is 1070. The smallest absolute Gasteiger partial charge is 0.261 e. The van der Waals surface area contributed by atoms with E-state index in [1.165, 1.54) is 4.90 Å². The number of nitrogens with zero attached hydrogens (tertiary/aromatic N) is 2. The lowest BCUT2D eigenvalue weighted by atomic mass is 10.0. The SMILES string of the molecule is Cc1ccc(C(=O)NC2CCN(C(=O)CCCN3C(=O)c4ccccc4C3=O)CC2)cc1C. The number of aryl methyl sites for hydroxylation is 2. The van der Waals surface area contributed by atoms with E-state index in [1.54, 1.807) is 29.2 Å². The highest BCUT2D eigenvalue weighted by Gasteiger charge is 2.34. The summed E-state index contributed by atoms with van der Waals surface area (Å²) in [6.07, 6.45) is 2.14. The number of likely N-dealkylation sites (tertiary alicyclic amines) is 1. The largest absolute Gasteiger partial charge is 0.349 e. The van der Waals surface area contributed by atoms with Crippen LogP contribution in [-0.2, 0) is 4.79 Å². The summed E-state index contributed by atoms with van der Waals surface area (Å²) in [5, 5.41) is 3.08. The third-order valence-corrected chi connectivity index (χ3v) is 6.60. The minimum absolute atomic E-state index is 0.0190. The van der Waals surface area contributed by atoms with Crippen molar-refractivity contribution in [3.05, 3.63) is 70.3 Å². The Hall–Kier alpha value is -3.48. The Morgan fingerprint density at radius 1 is 0.939 bits per heavy atom. The van der Waals surface area contributed by atoms with Crippen LogP contribution in [0, 0.1) is 13.8 Å². The maximum absolute atomic E-state index is 12.6. The summed E-state index contributed by atoms with van der Waals surface area (Å²) in [6, 6.07) is 12.5. The van der Waals surface area contributed by atoms with Crippen LogP contribution in [0.4, 0.5) is 0 Å². The number of benzene rings is 2. The second-order valence-corrected chi connectivity index (χ2v) is 8.84. The number of fused-ring (bicyclic) bond motifs is 1. The molecule has 2 aromatic rings. The van der Waals surface area contributed by atoms with Gasteiger partial charge >= 0.3 is 0 Å². The maximum atomic E-state index is 12.6. The fraction of sp³-hybridized carbons (Fsp3) is 0.385. The molecule has 2 aliphatic rings. The van der Waals surface area contributed by atoms with Crippen LogP contribution in [0.1, 0.15) is 67.9 Å². The van der Waals surface area contributed by atoms with E-state index >= 15 is 0 Å². The van der Waals surface area contributed by atoms with Crippen LogP contribution in [0.5, 0.6) is 0 Å². The van der Waals surface area contributed by atoms with Crippen molar-refractivity contribution < 1.29 is 19.2 Å². The molecule has 0 aromatic heterocycles. The van der Waals surface area contributed by atoms with E-state index in [0.29, 0.717) is 49.0 Å². The van der Waals surface area contributed by atoms with E-state index in [0.717, 1.165) is 11.1 Å². The van der Waals surface area contributed by atoms with Crippen LogP contribution in [0.25, 0.3) is 0 Å². The third-order valence-electron chi connectivity index (χ3n) is 6.60. The predicted octanol–water partition coefficient (Wildman–Crippen LogP) is 3.10. The molecule has 0 atom stereocenters. The lowest BCUT2D eigenvalue weighted by molar-refractivity contribution is -0.132. The highest BCUT2D eigenvalue weighted by atomic mass is 16.2.